The Morgan fingerprint density at radius 3 is 2.16 bits per heavy atom. The maximum atomic E-state index is 12.4. The lowest BCUT2D eigenvalue weighted by molar-refractivity contribution is 0.0955. The molecular formula is C25H27N3O3S. The second-order valence-corrected chi connectivity index (χ2v) is 9.73. The van der Waals surface area contributed by atoms with Crippen molar-refractivity contribution < 1.29 is 13.2 Å². The summed E-state index contributed by atoms with van der Waals surface area (Å²) in [5.41, 5.74) is 6.37. The van der Waals surface area contributed by atoms with Crippen molar-refractivity contribution in [2.24, 2.45) is 5.10 Å². The topological polar surface area (TPSA) is 78.8 Å². The van der Waals surface area contributed by atoms with E-state index in [2.05, 4.69) is 24.4 Å². The van der Waals surface area contributed by atoms with Gasteiger partial charge in [-0.15, -0.1) is 0 Å². The third-order valence-electron chi connectivity index (χ3n) is 4.97. The van der Waals surface area contributed by atoms with Gasteiger partial charge in [0.25, 0.3) is 5.91 Å². The predicted octanol–water partition coefficient (Wildman–Crippen LogP) is 4.54. The molecule has 0 spiro atoms. The highest BCUT2D eigenvalue weighted by Crippen LogP contribution is 2.21. The van der Waals surface area contributed by atoms with Crippen LogP contribution >= 0.6 is 0 Å². The van der Waals surface area contributed by atoms with E-state index in [1.54, 1.807) is 30.5 Å². The molecular weight excluding hydrogens is 422 g/mol. The first kappa shape index (κ1) is 23.2. The van der Waals surface area contributed by atoms with Crippen LogP contribution in [0.5, 0.6) is 0 Å². The van der Waals surface area contributed by atoms with Crippen molar-refractivity contribution in [2.45, 2.75) is 26.3 Å². The molecule has 0 unspecified atom stereocenters. The van der Waals surface area contributed by atoms with Gasteiger partial charge in [-0.1, -0.05) is 68.4 Å². The van der Waals surface area contributed by atoms with Gasteiger partial charge in [-0.3, -0.25) is 9.10 Å². The Bertz CT molecular complexity index is 1170. The molecule has 3 aromatic rings. The van der Waals surface area contributed by atoms with Gasteiger partial charge in [0.2, 0.25) is 10.0 Å². The number of anilines is 1. The molecule has 3 aromatic carbocycles. The molecule has 32 heavy (non-hydrogen) atoms. The van der Waals surface area contributed by atoms with E-state index in [4.69, 9.17) is 0 Å². The average molecular weight is 450 g/mol. The predicted molar refractivity (Wildman–Crippen MR) is 130 cm³/mol. The molecule has 166 valence electrons. The number of nitrogens with one attached hydrogen (secondary N) is 1. The number of nitrogens with zero attached hydrogens (tertiary/aromatic N) is 2. The van der Waals surface area contributed by atoms with Gasteiger partial charge in [0.1, 0.15) is 0 Å². The third-order valence-corrected chi connectivity index (χ3v) is 6.11. The number of sulfonamides is 1. The van der Waals surface area contributed by atoms with E-state index in [0.29, 0.717) is 17.2 Å². The molecule has 1 N–H and O–H groups in total. The zero-order valence-electron chi connectivity index (χ0n) is 18.4. The van der Waals surface area contributed by atoms with Crippen LogP contribution in [0.2, 0.25) is 0 Å². The molecule has 0 aliphatic rings. The highest BCUT2D eigenvalue weighted by atomic mass is 32.2. The van der Waals surface area contributed by atoms with Gasteiger partial charge >= 0.3 is 0 Å². The summed E-state index contributed by atoms with van der Waals surface area (Å²) in [4.78, 5) is 12.4. The van der Waals surface area contributed by atoms with E-state index < -0.39 is 10.0 Å². The summed E-state index contributed by atoms with van der Waals surface area (Å²) < 4.78 is 25.9. The summed E-state index contributed by atoms with van der Waals surface area (Å²) in [6, 6.07) is 23.7. The number of benzene rings is 3. The van der Waals surface area contributed by atoms with Crippen LogP contribution in [0.4, 0.5) is 5.69 Å². The number of rotatable bonds is 8. The van der Waals surface area contributed by atoms with Gasteiger partial charge in [0, 0.05) is 5.56 Å². The Kier molecular flexibility index (Phi) is 7.43. The first-order valence-corrected chi connectivity index (χ1v) is 12.1. The van der Waals surface area contributed by atoms with Crippen LogP contribution in [0, 0.1) is 0 Å². The molecule has 0 saturated heterocycles. The number of carbonyl (C=O) groups is 1. The monoisotopic (exact) mass is 449 g/mol. The fourth-order valence-electron chi connectivity index (χ4n) is 3.13. The molecule has 0 aliphatic carbocycles. The molecule has 6 nitrogen and oxygen atoms in total. The van der Waals surface area contributed by atoms with Gasteiger partial charge < -0.3 is 0 Å². The Morgan fingerprint density at radius 1 is 0.969 bits per heavy atom. The van der Waals surface area contributed by atoms with Crippen molar-refractivity contribution in [3.05, 3.63) is 101 Å². The first-order chi connectivity index (χ1) is 15.2. The Labute approximate surface area is 189 Å². The van der Waals surface area contributed by atoms with Crippen LogP contribution in [0.15, 0.2) is 84.0 Å². The number of amides is 1. The smallest absolute Gasteiger partial charge is 0.267 e. The van der Waals surface area contributed by atoms with E-state index >= 15 is 0 Å². The fourth-order valence-corrected chi connectivity index (χ4v) is 4.01. The molecule has 0 saturated carbocycles. The molecule has 0 atom stereocenters. The molecule has 3 rings (SSSR count). The van der Waals surface area contributed by atoms with E-state index in [1.807, 2.05) is 54.6 Å². The second kappa shape index (κ2) is 10.2. The molecule has 0 heterocycles. The van der Waals surface area contributed by atoms with Gasteiger partial charge in [0.05, 0.1) is 24.7 Å². The lowest BCUT2D eigenvalue weighted by Crippen LogP contribution is -2.29. The van der Waals surface area contributed by atoms with Gasteiger partial charge in [0.15, 0.2) is 0 Å². The van der Waals surface area contributed by atoms with E-state index in [0.717, 1.165) is 11.1 Å². The Balaban J connectivity index is 1.67. The molecule has 0 radical (unpaired) electrons. The number of carbonyl (C=O) groups excluding carboxylic acids is 1. The number of hydrogen-bond acceptors (Lipinski definition) is 4. The lowest BCUT2D eigenvalue weighted by atomic mass is 10.0. The van der Waals surface area contributed by atoms with Crippen molar-refractivity contribution >= 4 is 27.8 Å². The molecule has 7 heteroatoms. The van der Waals surface area contributed by atoms with Crippen LogP contribution < -0.4 is 9.73 Å². The summed E-state index contributed by atoms with van der Waals surface area (Å²) in [5, 5.41) is 4.01. The quantitative estimate of drug-likeness (QED) is 0.405. The van der Waals surface area contributed by atoms with Gasteiger partial charge in [-0.05, 0) is 46.9 Å². The van der Waals surface area contributed by atoms with Crippen LogP contribution in [-0.4, -0.2) is 26.8 Å². The first-order valence-electron chi connectivity index (χ1n) is 10.3. The van der Waals surface area contributed by atoms with Crippen LogP contribution in [0.1, 0.15) is 46.8 Å². The summed E-state index contributed by atoms with van der Waals surface area (Å²) in [5.74, 6) is 0.0792. The fraction of sp³-hybridized carbons (Fsp3) is 0.200. The second-order valence-electron chi connectivity index (χ2n) is 7.82. The third kappa shape index (κ3) is 6.28. The van der Waals surface area contributed by atoms with Crippen LogP contribution in [0.25, 0.3) is 0 Å². The summed E-state index contributed by atoms with van der Waals surface area (Å²) in [6.07, 6.45) is 2.75. The van der Waals surface area contributed by atoms with Crippen molar-refractivity contribution in [2.75, 3.05) is 10.6 Å². The highest BCUT2D eigenvalue weighted by Gasteiger charge is 2.18. The maximum absolute atomic E-state index is 12.4. The van der Waals surface area contributed by atoms with Gasteiger partial charge in [-0.2, -0.15) is 5.10 Å². The summed E-state index contributed by atoms with van der Waals surface area (Å²) >= 11 is 0. The minimum Gasteiger partial charge on any atom is -0.267 e. The van der Waals surface area contributed by atoms with E-state index in [9.17, 15) is 13.2 Å². The molecule has 0 aromatic heterocycles. The summed E-state index contributed by atoms with van der Waals surface area (Å²) in [6.45, 7) is 4.47. The van der Waals surface area contributed by atoms with Crippen molar-refractivity contribution in [1.29, 1.82) is 0 Å². The zero-order valence-corrected chi connectivity index (χ0v) is 19.2. The maximum Gasteiger partial charge on any atom is 0.271 e. The zero-order chi connectivity index (χ0) is 23.1. The minimum atomic E-state index is -3.49. The lowest BCUT2D eigenvalue weighted by Gasteiger charge is -2.22. The SMILES string of the molecule is CC(C)c1ccc(C=NNC(=O)c2ccc(N(Cc3ccccc3)S(C)(=O)=O)cc2)cc1. The van der Waals surface area contributed by atoms with Crippen LogP contribution in [-0.2, 0) is 16.6 Å². The van der Waals surface area contributed by atoms with E-state index in [1.165, 1.54) is 16.1 Å². The normalized spacial score (nSPS) is 11.6. The van der Waals surface area contributed by atoms with Crippen LogP contribution in [0.3, 0.4) is 0 Å². The molecule has 0 aliphatic heterocycles. The molecule has 0 bridgehead atoms. The van der Waals surface area contributed by atoms with Gasteiger partial charge in [-0.25, -0.2) is 13.8 Å². The Morgan fingerprint density at radius 2 is 1.59 bits per heavy atom. The molecule has 0 fully saturated rings. The van der Waals surface area contributed by atoms with E-state index in [-0.39, 0.29) is 12.5 Å². The number of hydrogen-bond donors (Lipinski definition) is 1. The standard InChI is InChI=1S/C25H27N3O3S/c1-19(2)22-11-9-20(10-12-22)17-26-27-25(29)23-13-15-24(16-14-23)28(32(3,30)31)18-21-7-5-4-6-8-21/h4-17,19H,18H2,1-3H3,(H,27,29). The number of hydrazone groups is 1. The Hall–Kier alpha value is -3.45. The molecule has 1 amide bonds. The van der Waals surface area contributed by atoms with Crippen molar-refractivity contribution in [1.82, 2.24) is 5.43 Å². The largest absolute Gasteiger partial charge is 0.271 e. The minimum absolute atomic E-state index is 0.213. The van der Waals surface area contributed by atoms with Crippen molar-refractivity contribution in [3.8, 4) is 0 Å². The van der Waals surface area contributed by atoms with Crippen molar-refractivity contribution in [3.63, 3.8) is 0 Å². The average Bonchev–Trinajstić information content (AvgIpc) is 2.78. The summed E-state index contributed by atoms with van der Waals surface area (Å²) in [7, 11) is -3.49. The highest BCUT2D eigenvalue weighted by molar-refractivity contribution is 7.92.